The fourth-order valence-electron chi connectivity index (χ4n) is 3.17. The second-order valence-electron chi connectivity index (χ2n) is 5.13. The highest BCUT2D eigenvalue weighted by Crippen LogP contribution is 2.60. The molecule has 1 saturated carbocycles. The quantitative estimate of drug-likeness (QED) is 0.517. The first kappa shape index (κ1) is 8.34. The molecular weight excluding hydrogens is 144 g/mol. The molecule has 0 aromatic heterocycles. The lowest BCUT2D eigenvalue weighted by atomic mass is 9.50. The first-order valence-corrected chi connectivity index (χ1v) is 5.27. The molecule has 3 aliphatic rings. The summed E-state index contributed by atoms with van der Waals surface area (Å²) >= 11 is 0. The van der Waals surface area contributed by atoms with E-state index in [2.05, 4.69) is 27.7 Å². The van der Waals surface area contributed by atoms with Gasteiger partial charge in [0.25, 0.3) is 0 Å². The van der Waals surface area contributed by atoms with Gasteiger partial charge in [-0.25, -0.2) is 0 Å². The molecule has 2 atom stereocenters. The normalized spacial score (nSPS) is 38.0. The van der Waals surface area contributed by atoms with Crippen molar-refractivity contribution in [1.29, 1.82) is 0 Å². The van der Waals surface area contributed by atoms with E-state index in [4.69, 9.17) is 0 Å². The molecule has 0 heterocycles. The molecule has 0 N–H and O–H groups in total. The molecule has 0 aliphatic heterocycles. The van der Waals surface area contributed by atoms with Crippen molar-refractivity contribution in [3.8, 4) is 0 Å². The van der Waals surface area contributed by atoms with Crippen LogP contribution in [-0.4, -0.2) is 0 Å². The van der Waals surface area contributed by atoms with Gasteiger partial charge in [-0.2, -0.15) is 0 Å². The van der Waals surface area contributed by atoms with Crippen LogP contribution in [-0.2, 0) is 0 Å². The molecule has 0 heteroatoms. The Hall–Kier alpha value is -0.260. The molecule has 2 unspecified atom stereocenters. The zero-order valence-corrected chi connectivity index (χ0v) is 8.78. The van der Waals surface area contributed by atoms with E-state index in [9.17, 15) is 0 Å². The fraction of sp³-hybridized carbons (Fsp3) is 0.833. The van der Waals surface area contributed by atoms with Gasteiger partial charge in [0.05, 0.1) is 0 Å². The summed E-state index contributed by atoms with van der Waals surface area (Å²) in [6, 6.07) is 0. The van der Waals surface area contributed by atoms with E-state index in [1.807, 2.05) is 0 Å². The summed E-state index contributed by atoms with van der Waals surface area (Å²) in [7, 11) is 0. The Bertz CT molecular complexity index is 232. The van der Waals surface area contributed by atoms with Gasteiger partial charge in [-0.1, -0.05) is 31.9 Å². The molecular formula is C12H20. The Morgan fingerprint density at radius 2 is 2.08 bits per heavy atom. The maximum absolute atomic E-state index is 2.42. The number of rotatable bonds is 1. The van der Waals surface area contributed by atoms with Crippen molar-refractivity contribution in [3.63, 3.8) is 0 Å². The Morgan fingerprint density at radius 1 is 1.42 bits per heavy atom. The SMILES string of the molecule is CCC1CC2CC(=C1C)C2(C)C. The van der Waals surface area contributed by atoms with Crippen molar-refractivity contribution in [1.82, 2.24) is 0 Å². The van der Waals surface area contributed by atoms with Crippen LogP contribution < -0.4 is 0 Å². The summed E-state index contributed by atoms with van der Waals surface area (Å²) in [5.41, 5.74) is 4.08. The van der Waals surface area contributed by atoms with E-state index in [-0.39, 0.29) is 0 Å². The van der Waals surface area contributed by atoms with Crippen molar-refractivity contribution in [2.75, 3.05) is 0 Å². The molecule has 0 aromatic rings. The Labute approximate surface area is 76.1 Å². The van der Waals surface area contributed by atoms with Crippen LogP contribution in [0, 0.1) is 17.3 Å². The van der Waals surface area contributed by atoms with Crippen molar-refractivity contribution < 1.29 is 0 Å². The minimum Gasteiger partial charge on any atom is -0.0705 e. The van der Waals surface area contributed by atoms with Crippen LogP contribution in [0.1, 0.15) is 47.0 Å². The van der Waals surface area contributed by atoms with E-state index in [1.54, 1.807) is 11.1 Å². The van der Waals surface area contributed by atoms with E-state index in [0.717, 1.165) is 11.8 Å². The molecule has 2 bridgehead atoms. The van der Waals surface area contributed by atoms with Gasteiger partial charge in [0, 0.05) is 0 Å². The lowest BCUT2D eigenvalue weighted by Gasteiger charge is -2.55. The van der Waals surface area contributed by atoms with Gasteiger partial charge in [0.15, 0.2) is 0 Å². The molecule has 3 rings (SSSR count). The van der Waals surface area contributed by atoms with Crippen LogP contribution in [0.15, 0.2) is 11.1 Å². The highest BCUT2D eigenvalue weighted by molar-refractivity contribution is 5.34. The van der Waals surface area contributed by atoms with E-state index < -0.39 is 0 Å². The summed E-state index contributed by atoms with van der Waals surface area (Å²) in [4.78, 5) is 0. The number of hydrogen-bond acceptors (Lipinski definition) is 0. The summed E-state index contributed by atoms with van der Waals surface area (Å²) < 4.78 is 0. The van der Waals surface area contributed by atoms with Gasteiger partial charge >= 0.3 is 0 Å². The van der Waals surface area contributed by atoms with E-state index >= 15 is 0 Å². The van der Waals surface area contributed by atoms with Gasteiger partial charge in [0.1, 0.15) is 0 Å². The van der Waals surface area contributed by atoms with Crippen LogP contribution in [0.2, 0.25) is 0 Å². The van der Waals surface area contributed by atoms with Gasteiger partial charge in [-0.3, -0.25) is 0 Å². The molecule has 0 aromatic carbocycles. The van der Waals surface area contributed by atoms with Crippen molar-refractivity contribution in [2.24, 2.45) is 17.3 Å². The van der Waals surface area contributed by atoms with Crippen LogP contribution in [0.3, 0.4) is 0 Å². The number of fused-ring (bicyclic) bond motifs is 2. The zero-order chi connectivity index (χ0) is 8.93. The molecule has 0 saturated heterocycles. The monoisotopic (exact) mass is 164 g/mol. The molecule has 68 valence electrons. The topological polar surface area (TPSA) is 0 Å². The van der Waals surface area contributed by atoms with Crippen molar-refractivity contribution in [3.05, 3.63) is 11.1 Å². The first-order valence-electron chi connectivity index (χ1n) is 5.27. The van der Waals surface area contributed by atoms with Gasteiger partial charge in [-0.05, 0) is 43.4 Å². The maximum Gasteiger partial charge on any atom is -0.0110 e. The highest BCUT2D eigenvalue weighted by Gasteiger charge is 2.48. The third-order valence-corrected chi connectivity index (χ3v) is 4.40. The number of allylic oxidation sites excluding steroid dienone is 2. The summed E-state index contributed by atoms with van der Waals surface area (Å²) in [5.74, 6) is 1.92. The van der Waals surface area contributed by atoms with Gasteiger partial charge in [0.2, 0.25) is 0 Å². The van der Waals surface area contributed by atoms with E-state index in [0.29, 0.717) is 5.41 Å². The van der Waals surface area contributed by atoms with Crippen molar-refractivity contribution >= 4 is 0 Å². The van der Waals surface area contributed by atoms with Crippen LogP contribution in [0.4, 0.5) is 0 Å². The molecule has 0 spiro atoms. The molecule has 0 nitrogen and oxygen atoms in total. The minimum atomic E-state index is 0.565. The maximum atomic E-state index is 2.42. The highest BCUT2D eigenvalue weighted by atomic mass is 14.5. The Balaban J connectivity index is 2.32. The predicted molar refractivity (Wildman–Crippen MR) is 53.0 cm³/mol. The second-order valence-corrected chi connectivity index (χ2v) is 5.13. The third-order valence-electron chi connectivity index (χ3n) is 4.40. The van der Waals surface area contributed by atoms with Gasteiger partial charge < -0.3 is 0 Å². The molecule has 12 heavy (non-hydrogen) atoms. The lowest BCUT2D eigenvalue weighted by Crippen LogP contribution is -2.44. The standard InChI is InChI=1S/C12H20/c1-5-9-6-10-7-11(8(9)2)12(10,3)4/h9-10H,5-7H2,1-4H3. The third kappa shape index (κ3) is 0.841. The minimum absolute atomic E-state index is 0.565. The Kier molecular flexibility index (Phi) is 1.65. The fourth-order valence-corrected chi connectivity index (χ4v) is 3.17. The average Bonchev–Trinajstić information content (AvgIpc) is 2.03. The summed E-state index contributed by atoms with van der Waals surface area (Å²) in [5, 5.41) is 0. The molecule has 0 radical (unpaired) electrons. The van der Waals surface area contributed by atoms with Gasteiger partial charge in [-0.15, -0.1) is 0 Å². The largest absolute Gasteiger partial charge is 0.0705 e. The lowest BCUT2D eigenvalue weighted by molar-refractivity contribution is 0.107. The summed E-state index contributed by atoms with van der Waals surface area (Å²) in [6.45, 7) is 9.53. The first-order chi connectivity index (χ1) is 5.57. The molecule has 3 aliphatic carbocycles. The summed E-state index contributed by atoms with van der Waals surface area (Å²) in [6.07, 6.45) is 4.22. The second kappa shape index (κ2) is 2.37. The van der Waals surface area contributed by atoms with Crippen LogP contribution >= 0.6 is 0 Å². The van der Waals surface area contributed by atoms with E-state index in [1.165, 1.54) is 19.3 Å². The van der Waals surface area contributed by atoms with Crippen LogP contribution in [0.5, 0.6) is 0 Å². The predicted octanol–water partition coefficient (Wildman–Crippen LogP) is 3.78. The molecule has 0 amide bonds. The zero-order valence-electron chi connectivity index (χ0n) is 8.78. The average molecular weight is 164 g/mol. The molecule has 1 fully saturated rings. The smallest absolute Gasteiger partial charge is 0.0110 e. The Morgan fingerprint density at radius 3 is 2.50 bits per heavy atom. The number of hydrogen-bond donors (Lipinski definition) is 0. The van der Waals surface area contributed by atoms with Crippen LogP contribution in [0.25, 0.3) is 0 Å². The van der Waals surface area contributed by atoms with Crippen molar-refractivity contribution in [2.45, 2.75) is 47.0 Å².